The molecule has 3 heteroatoms. The van der Waals surface area contributed by atoms with Gasteiger partial charge in [-0.3, -0.25) is 4.79 Å². The summed E-state index contributed by atoms with van der Waals surface area (Å²) in [6.07, 6.45) is 5.73. The predicted molar refractivity (Wildman–Crippen MR) is 85.7 cm³/mol. The van der Waals surface area contributed by atoms with Gasteiger partial charge in [0.25, 0.3) is 0 Å². The number of aromatic hydroxyl groups is 1. The first-order valence-electron chi connectivity index (χ1n) is 7.94. The van der Waals surface area contributed by atoms with Crippen molar-refractivity contribution in [1.82, 2.24) is 0 Å². The highest BCUT2D eigenvalue weighted by Crippen LogP contribution is 2.27. The van der Waals surface area contributed by atoms with Crippen molar-refractivity contribution in [2.75, 3.05) is 6.61 Å². The average Bonchev–Trinajstić information content (AvgIpc) is 2.46. The average molecular weight is 292 g/mol. The summed E-state index contributed by atoms with van der Waals surface area (Å²) in [6, 6.07) is 3.71. The molecule has 0 spiro atoms. The van der Waals surface area contributed by atoms with Crippen LogP contribution in [0.15, 0.2) is 12.1 Å². The molecule has 0 fully saturated rings. The molecule has 0 saturated carbocycles. The third kappa shape index (κ3) is 5.41. The van der Waals surface area contributed by atoms with Crippen LogP contribution in [0.25, 0.3) is 0 Å². The number of hydrogen-bond donors (Lipinski definition) is 1. The van der Waals surface area contributed by atoms with Crippen LogP contribution in [0.1, 0.15) is 68.6 Å². The summed E-state index contributed by atoms with van der Waals surface area (Å²) in [5.41, 5.74) is 2.49. The molecule has 0 aliphatic heterocycles. The minimum Gasteiger partial charge on any atom is -0.507 e. The molecule has 0 bridgehead atoms. The molecule has 1 rings (SSSR count). The maximum Gasteiger partial charge on any atom is 0.313 e. The number of hydrogen-bond acceptors (Lipinski definition) is 3. The fraction of sp³-hybridized carbons (Fsp3) is 0.611. The van der Waals surface area contributed by atoms with Crippen LogP contribution >= 0.6 is 0 Å². The first-order valence-corrected chi connectivity index (χ1v) is 7.94. The van der Waals surface area contributed by atoms with E-state index in [1.165, 1.54) is 19.3 Å². The monoisotopic (exact) mass is 292 g/mol. The summed E-state index contributed by atoms with van der Waals surface area (Å²) >= 11 is 0. The lowest BCUT2D eigenvalue weighted by Gasteiger charge is -2.14. The third-order valence-electron chi connectivity index (χ3n) is 3.86. The van der Waals surface area contributed by atoms with Crippen molar-refractivity contribution in [1.29, 1.82) is 0 Å². The number of carbonyl (C=O) groups excluding carboxylic acids is 1. The normalized spacial score (nSPS) is 12.2. The Balaban J connectivity index is 2.47. The number of carbonyl (C=O) groups is 1. The summed E-state index contributed by atoms with van der Waals surface area (Å²) in [6.45, 7) is 8.23. The van der Waals surface area contributed by atoms with E-state index < -0.39 is 0 Å². The molecule has 0 saturated heterocycles. The van der Waals surface area contributed by atoms with E-state index in [4.69, 9.17) is 4.74 Å². The zero-order chi connectivity index (χ0) is 15.8. The standard InChI is InChI=1S/C18H28O3/c1-5-6-7-8-9-10-21-18(20)15(4)16-11-13(2)17(19)14(3)12-16/h11-12,15,19H,5-10H2,1-4H3. The second kappa shape index (κ2) is 8.71. The molecule has 0 aliphatic carbocycles. The van der Waals surface area contributed by atoms with Crippen molar-refractivity contribution in [3.05, 3.63) is 28.8 Å². The van der Waals surface area contributed by atoms with Crippen LogP contribution in [0.3, 0.4) is 0 Å². The van der Waals surface area contributed by atoms with E-state index in [0.717, 1.165) is 29.5 Å². The van der Waals surface area contributed by atoms with E-state index in [1.54, 1.807) is 0 Å². The molecule has 1 unspecified atom stereocenters. The highest BCUT2D eigenvalue weighted by Gasteiger charge is 2.18. The first-order chi connectivity index (χ1) is 9.97. The highest BCUT2D eigenvalue weighted by atomic mass is 16.5. The topological polar surface area (TPSA) is 46.5 Å². The van der Waals surface area contributed by atoms with E-state index in [-0.39, 0.29) is 11.9 Å². The SMILES string of the molecule is CCCCCCCOC(=O)C(C)c1cc(C)c(O)c(C)c1. The fourth-order valence-electron chi connectivity index (χ4n) is 2.38. The van der Waals surface area contributed by atoms with Crippen LogP contribution in [-0.2, 0) is 9.53 Å². The molecule has 118 valence electrons. The lowest BCUT2D eigenvalue weighted by molar-refractivity contribution is -0.145. The van der Waals surface area contributed by atoms with Gasteiger partial charge in [-0.2, -0.15) is 0 Å². The molecule has 21 heavy (non-hydrogen) atoms. The highest BCUT2D eigenvalue weighted by molar-refractivity contribution is 5.78. The number of aryl methyl sites for hydroxylation is 2. The summed E-state index contributed by atoms with van der Waals surface area (Å²) in [5.74, 6) is -0.177. The fourth-order valence-corrected chi connectivity index (χ4v) is 2.38. The van der Waals surface area contributed by atoms with Crippen molar-refractivity contribution in [3.63, 3.8) is 0 Å². The molecule has 1 N–H and O–H groups in total. The number of unbranched alkanes of at least 4 members (excludes halogenated alkanes) is 4. The van der Waals surface area contributed by atoms with Gasteiger partial charge in [0.2, 0.25) is 0 Å². The van der Waals surface area contributed by atoms with Gasteiger partial charge >= 0.3 is 5.97 Å². The van der Waals surface area contributed by atoms with Crippen LogP contribution in [0, 0.1) is 13.8 Å². The zero-order valence-corrected chi connectivity index (χ0v) is 13.7. The summed E-state index contributed by atoms with van der Waals surface area (Å²) in [4.78, 5) is 12.1. The van der Waals surface area contributed by atoms with Crippen LogP contribution in [-0.4, -0.2) is 17.7 Å². The second-order valence-corrected chi connectivity index (χ2v) is 5.81. The molecular weight excluding hydrogens is 264 g/mol. The summed E-state index contributed by atoms with van der Waals surface area (Å²) < 4.78 is 5.35. The minimum absolute atomic E-state index is 0.185. The second-order valence-electron chi connectivity index (χ2n) is 5.81. The van der Waals surface area contributed by atoms with Gasteiger partial charge in [0, 0.05) is 0 Å². The van der Waals surface area contributed by atoms with Crippen molar-refractivity contribution in [2.24, 2.45) is 0 Å². The Bertz CT molecular complexity index is 443. The van der Waals surface area contributed by atoms with Crippen molar-refractivity contribution in [2.45, 2.75) is 65.7 Å². The van der Waals surface area contributed by atoms with E-state index in [1.807, 2.05) is 32.9 Å². The first kappa shape index (κ1) is 17.5. The number of esters is 1. The van der Waals surface area contributed by atoms with Gasteiger partial charge in [0.15, 0.2) is 0 Å². The molecular formula is C18H28O3. The Hall–Kier alpha value is -1.51. The molecule has 0 heterocycles. The predicted octanol–water partition coefficient (Wildman–Crippen LogP) is 4.63. The Kier molecular flexibility index (Phi) is 7.27. The van der Waals surface area contributed by atoms with Gasteiger partial charge in [-0.1, -0.05) is 44.7 Å². The molecule has 0 aliphatic rings. The molecule has 1 aromatic rings. The van der Waals surface area contributed by atoms with Crippen LogP contribution in [0.5, 0.6) is 5.75 Å². The smallest absolute Gasteiger partial charge is 0.313 e. The lowest BCUT2D eigenvalue weighted by Crippen LogP contribution is -2.14. The molecule has 0 aromatic heterocycles. The number of rotatable bonds is 8. The van der Waals surface area contributed by atoms with E-state index in [0.29, 0.717) is 12.4 Å². The van der Waals surface area contributed by atoms with E-state index in [9.17, 15) is 9.90 Å². The number of phenolic OH excluding ortho intramolecular Hbond substituents is 1. The van der Waals surface area contributed by atoms with Crippen LogP contribution in [0.2, 0.25) is 0 Å². The van der Waals surface area contributed by atoms with Gasteiger partial charge < -0.3 is 9.84 Å². The largest absolute Gasteiger partial charge is 0.507 e. The Labute approximate surface area is 128 Å². The van der Waals surface area contributed by atoms with Crippen molar-refractivity contribution >= 4 is 5.97 Å². The Morgan fingerprint density at radius 3 is 2.29 bits per heavy atom. The van der Waals surface area contributed by atoms with E-state index >= 15 is 0 Å². The number of benzene rings is 1. The van der Waals surface area contributed by atoms with Crippen molar-refractivity contribution < 1.29 is 14.6 Å². The summed E-state index contributed by atoms with van der Waals surface area (Å²) in [7, 11) is 0. The Morgan fingerprint density at radius 2 is 1.71 bits per heavy atom. The van der Waals surface area contributed by atoms with E-state index in [2.05, 4.69) is 6.92 Å². The van der Waals surface area contributed by atoms with Crippen LogP contribution < -0.4 is 0 Å². The van der Waals surface area contributed by atoms with Crippen LogP contribution in [0.4, 0.5) is 0 Å². The van der Waals surface area contributed by atoms with Gasteiger partial charge in [-0.15, -0.1) is 0 Å². The quantitative estimate of drug-likeness (QED) is 0.561. The van der Waals surface area contributed by atoms with Gasteiger partial charge in [0.05, 0.1) is 12.5 Å². The Morgan fingerprint density at radius 1 is 1.14 bits per heavy atom. The van der Waals surface area contributed by atoms with Crippen molar-refractivity contribution in [3.8, 4) is 5.75 Å². The molecule has 1 atom stereocenters. The third-order valence-corrected chi connectivity index (χ3v) is 3.86. The van der Waals surface area contributed by atoms with Gasteiger partial charge in [-0.05, 0) is 43.9 Å². The maximum atomic E-state index is 12.1. The van der Waals surface area contributed by atoms with Gasteiger partial charge in [-0.25, -0.2) is 0 Å². The number of phenols is 1. The van der Waals surface area contributed by atoms with Gasteiger partial charge in [0.1, 0.15) is 5.75 Å². The summed E-state index contributed by atoms with van der Waals surface area (Å²) in [5, 5.41) is 9.78. The molecule has 0 radical (unpaired) electrons. The maximum absolute atomic E-state index is 12.1. The minimum atomic E-state index is -0.293. The lowest BCUT2D eigenvalue weighted by atomic mass is 9.96. The number of ether oxygens (including phenoxy) is 1. The molecule has 3 nitrogen and oxygen atoms in total. The zero-order valence-electron chi connectivity index (χ0n) is 13.7. The molecule has 1 aromatic carbocycles. The molecule has 0 amide bonds.